The minimum atomic E-state index is -0.262. The van der Waals surface area contributed by atoms with Crippen LogP contribution in [0.5, 0.6) is 5.19 Å². The zero-order valence-electron chi connectivity index (χ0n) is 12.4. The van der Waals surface area contributed by atoms with Gasteiger partial charge in [-0.2, -0.15) is 0 Å². The Morgan fingerprint density at radius 2 is 2.00 bits per heavy atom. The lowest BCUT2D eigenvalue weighted by Gasteiger charge is -2.35. The van der Waals surface area contributed by atoms with Gasteiger partial charge in [0.1, 0.15) is 11.9 Å². The van der Waals surface area contributed by atoms with Crippen LogP contribution in [0.3, 0.4) is 0 Å². The average Bonchev–Trinajstić information content (AvgIpc) is 3.02. The van der Waals surface area contributed by atoms with E-state index in [-0.39, 0.29) is 11.9 Å². The van der Waals surface area contributed by atoms with Gasteiger partial charge in [-0.25, -0.2) is 4.39 Å². The molecule has 0 radical (unpaired) electrons. The number of aromatic nitrogens is 2. The van der Waals surface area contributed by atoms with Crippen molar-refractivity contribution in [2.45, 2.75) is 43.9 Å². The van der Waals surface area contributed by atoms with Crippen LogP contribution in [-0.4, -0.2) is 40.3 Å². The number of benzene rings is 1. The molecule has 3 heterocycles. The topological polar surface area (TPSA) is 38.2 Å². The summed E-state index contributed by atoms with van der Waals surface area (Å²) in [5.41, 5.74) is 0.746. The van der Waals surface area contributed by atoms with E-state index in [4.69, 9.17) is 4.74 Å². The van der Waals surface area contributed by atoms with Crippen molar-refractivity contribution in [3.8, 4) is 15.8 Å². The molecule has 2 aliphatic heterocycles. The van der Waals surface area contributed by atoms with Crippen LogP contribution >= 0.6 is 11.3 Å². The number of ether oxygens (including phenoxy) is 1. The zero-order valence-corrected chi connectivity index (χ0v) is 13.2. The van der Waals surface area contributed by atoms with Crippen LogP contribution in [-0.2, 0) is 0 Å². The lowest BCUT2D eigenvalue weighted by Crippen LogP contribution is -2.43. The maximum absolute atomic E-state index is 13.3. The first-order valence-electron chi connectivity index (χ1n) is 7.67. The van der Waals surface area contributed by atoms with Gasteiger partial charge in [0, 0.05) is 17.6 Å². The number of fused-ring (bicyclic) bond motifs is 2. The van der Waals surface area contributed by atoms with Crippen molar-refractivity contribution in [1.82, 2.24) is 15.1 Å². The van der Waals surface area contributed by atoms with E-state index in [1.165, 1.54) is 36.3 Å². The van der Waals surface area contributed by atoms with E-state index >= 15 is 0 Å². The van der Waals surface area contributed by atoms with Gasteiger partial charge in [-0.05, 0) is 44.9 Å². The third-order valence-corrected chi connectivity index (χ3v) is 5.66. The van der Waals surface area contributed by atoms with E-state index in [0.29, 0.717) is 22.3 Å². The predicted octanol–water partition coefficient (Wildman–Crippen LogP) is 3.35. The van der Waals surface area contributed by atoms with Gasteiger partial charge in [0.25, 0.3) is 5.19 Å². The normalized spacial score (nSPS) is 28.0. The number of rotatable bonds is 3. The van der Waals surface area contributed by atoms with Crippen molar-refractivity contribution in [1.29, 1.82) is 0 Å². The van der Waals surface area contributed by atoms with Crippen molar-refractivity contribution in [3.63, 3.8) is 0 Å². The molecule has 0 spiro atoms. The summed E-state index contributed by atoms with van der Waals surface area (Å²) in [6, 6.07) is 7.69. The van der Waals surface area contributed by atoms with Gasteiger partial charge >= 0.3 is 0 Å². The minimum absolute atomic E-state index is 0.224. The lowest BCUT2D eigenvalue weighted by molar-refractivity contribution is 0.0655. The molecule has 2 saturated heterocycles. The molecule has 0 amide bonds. The first-order chi connectivity index (χ1) is 10.7. The quantitative estimate of drug-likeness (QED) is 0.869. The Kier molecular flexibility index (Phi) is 3.58. The summed E-state index contributed by atoms with van der Waals surface area (Å²) in [4.78, 5) is 2.48. The smallest absolute Gasteiger partial charge is 0.294 e. The summed E-state index contributed by atoms with van der Waals surface area (Å²) in [6.45, 7) is 0. The van der Waals surface area contributed by atoms with Gasteiger partial charge in [-0.1, -0.05) is 28.6 Å². The Hall–Kier alpha value is -1.53. The van der Waals surface area contributed by atoms with Crippen LogP contribution in [0.2, 0.25) is 0 Å². The Morgan fingerprint density at radius 1 is 1.23 bits per heavy atom. The Labute approximate surface area is 132 Å². The fourth-order valence-electron chi connectivity index (χ4n) is 3.60. The van der Waals surface area contributed by atoms with Gasteiger partial charge in [0.05, 0.1) is 0 Å². The molecule has 22 heavy (non-hydrogen) atoms. The summed E-state index contributed by atoms with van der Waals surface area (Å²) in [5, 5.41) is 9.53. The fourth-order valence-corrected chi connectivity index (χ4v) is 4.35. The monoisotopic (exact) mass is 319 g/mol. The highest BCUT2D eigenvalue weighted by Gasteiger charge is 2.39. The third kappa shape index (κ3) is 2.61. The van der Waals surface area contributed by atoms with Crippen molar-refractivity contribution in [2.75, 3.05) is 7.05 Å². The molecule has 4 nitrogen and oxygen atoms in total. The molecule has 0 aliphatic carbocycles. The van der Waals surface area contributed by atoms with Gasteiger partial charge in [-0.3, -0.25) is 0 Å². The highest BCUT2D eigenvalue weighted by atomic mass is 32.1. The molecule has 1 aromatic heterocycles. The van der Waals surface area contributed by atoms with Gasteiger partial charge in [-0.15, -0.1) is 5.10 Å². The number of hydrogen-bond acceptors (Lipinski definition) is 5. The molecule has 2 unspecified atom stereocenters. The number of piperidine rings is 1. The molecule has 2 aromatic rings. The van der Waals surface area contributed by atoms with Gasteiger partial charge in [0.15, 0.2) is 5.01 Å². The van der Waals surface area contributed by atoms with Crippen LogP contribution in [0.4, 0.5) is 4.39 Å². The largest absolute Gasteiger partial charge is 0.465 e. The molecule has 2 atom stereocenters. The summed E-state index contributed by atoms with van der Waals surface area (Å²) in [6.07, 6.45) is 4.88. The molecule has 0 saturated carbocycles. The first kappa shape index (κ1) is 14.1. The minimum Gasteiger partial charge on any atom is -0.465 e. The Morgan fingerprint density at radius 3 is 2.73 bits per heavy atom. The Balaban J connectivity index is 1.46. The van der Waals surface area contributed by atoms with Crippen LogP contribution in [0.1, 0.15) is 25.7 Å². The molecule has 1 aromatic carbocycles. The molecular formula is C16H18FN3OS. The predicted molar refractivity (Wildman–Crippen MR) is 83.5 cm³/mol. The van der Waals surface area contributed by atoms with E-state index in [1.807, 2.05) is 6.07 Å². The average molecular weight is 319 g/mol. The van der Waals surface area contributed by atoms with Crippen molar-refractivity contribution < 1.29 is 9.13 Å². The summed E-state index contributed by atoms with van der Waals surface area (Å²) in [5.74, 6) is -0.262. The maximum Gasteiger partial charge on any atom is 0.294 e. The molecular weight excluding hydrogens is 301 g/mol. The van der Waals surface area contributed by atoms with E-state index in [0.717, 1.165) is 18.4 Å². The highest BCUT2D eigenvalue weighted by molar-refractivity contribution is 7.16. The SMILES string of the molecule is CN1C2CCC1CC(Oc1nnc(-c3cccc(F)c3)s1)C2. The van der Waals surface area contributed by atoms with E-state index < -0.39 is 0 Å². The van der Waals surface area contributed by atoms with Gasteiger partial charge < -0.3 is 9.64 Å². The molecule has 116 valence electrons. The molecule has 4 rings (SSSR count). The second-order valence-electron chi connectivity index (χ2n) is 6.15. The van der Waals surface area contributed by atoms with Crippen LogP contribution in [0.15, 0.2) is 24.3 Å². The lowest BCUT2D eigenvalue weighted by atomic mass is 10.0. The summed E-state index contributed by atoms with van der Waals surface area (Å²) >= 11 is 1.39. The summed E-state index contributed by atoms with van der Waals surface area (Å²) < 4.78 is 19.3. The molecule has 2 aliphatic rings. The summed E-state index contributed by atoms with van der Waals surface area (Å²) in [7, 11) is 2.21. The highest BCUT2D eigenvalue weighted by Crippen LogP contribution is 2.37. The van der Waals surface area contributed by atoms with E-state index in [2.05, 4.69) is 22.1 Å². The van der Waals surface area contributed by atoms with E-state index in [9.17, 15) is 4.39 Å². The maximum atomic E-state index is 13.3. The van der Waals surface area contributed by atoms with Gasteiger partial charge in [0.2, 0.25) is 0 Å². The number of halogens is 1. The molecule has 0 N–H and O–H groups in total. The molecule has 2 bridgehead atoms. The standard InChI is InChI=1S/C16H18FN3OS/c1-20-12-5-6-13(20)9-14(8-12)21-16-19-18-15(22-16)10-3-2-4-11(17)7-10/h2-4,7,12-14H,5-6,8-9H2,1H3. The van der Waals surface area contributed by atoms with Crippen molar-refractivity contribution in [2.24, 2.45) is 0 Å². The number of nitrogens with zero attached hydrogens (tertiary/aromatic N) is 3. The van der Waals surface area contributed by atoms with Crippen molar-refractivity contribution in [3.05, 3.63) is 30.1 Å². The van der Waals surface area contributed by atoms with Crippen LogP contribution in [0.25, 0.3) is 10.6 Å². The van der Waals surface area contributed by atoms with Crippen LogP contribution < -0.4 is 4.74 Å². The van der Waals surface area contributed by atoms with E-state index in [1.54, 1.807) is 6.07 Å². The second-order valence-corrected chi connectivity index (χ2v) is 7.09. The fraction of sp³-hybridized carbons (Fsp3) is 0.500. The van der Waals surface area contributed by atoms with Crippen LogP contribution in [0, 0.1) is 5.82 Å². The Bertz CT molecular complexity index is 663. The second kappa shape index (κ2) is 5.59. The first-order valence-corrected chi connectivity index (χ1v) is 8.49. The number of hydrogen-bond donors (Lipinski definition) is 0. The molecule has 6 heteroatoms. The third-order valence-electron chi connectivity index (χ3n) is 4.80. The van der Waals surface area contributed by atoms with Crippen molar-refractivity contribution >= 4 is 11.3 Å². The zero-order chi connectivity index (χ0) is 15.1. The molecule has 2 fully saturated rings.